The molecule has 5 nitrogen and oxygen atoms in total. The zero-order valence-corrected chi connectivity index (χ0v) is 14.2. The van der Waals surface area contributed by atoms with Crippen molar-refractivity contribution in [1.82, 2.24) is 9.62 Å². The highest BCUT2D eigenvalue weighted by Crippen LogP contribution is 2.32. The molecule has 0 aliphatic carbocycles. The van der Waals surface area contributed by atoms with Gasteiger partial charge >= 0.3 is 0 Å². The standard InChI is InChI=1S/C16H26N2O3S/c1-3-13-22(19,20)17-10-12-18-11-4-5-16(18)14-6-8-15(21-2)9-7-14/h6-9,16-17H,3-5,10-13H2,1-2H3. The summed E-state index contributed by atoms with van der Waals surface area (Å²) in [5, 5.41) is 0. The van der Waals surface area contributed by atoms with E-state index in [2.05, 4.69) is 21.8 Å². The van der Waals surface area contributed by atoms with Crippen LogP contribution in [0.2, 0.25) is 0 Å². The third-order valence-corrected chi connectivity index (χ3v) is 5.65. The van der Waals surface area contributed by atoms with Crippen LogP contribution in [-0.4, -0.2) is 45.8 Å². The van der Waals surface area contributed by atoms with E-state index in [-0.39, 0.29) is 5.75 Å². The largest absolute Gasteiger partial charge is 0.497 e. The third-order valence-electron chi connectivity index (χ3n) is 4.06. The van der Waals surface area contributed by atoms with Crippen molar-refractivity contribution in [3.8, 4) is 5.75 Å². The van der Waals surface area contributed by atoms with Crippen LogP contribution in [0.25, 0.3) is 0 Å². The summed E-state index contributed by atoms with van der Waals surface area (Å²) in [6.45, 7) is 4.13. The third kappa shape index (κ3) is 4.69. The molecule has 0 aromatic heterocycles. The minimum Gasteiger partial charge on any atom is -0.497 e. The topological polar surface area (TPSA) is 58.6 Å². The van der Waals surface area contributed by atoms with E-state index < -0.39 is 10.0 Å². The molecule has 1 saturated heterocycles. The van der Waals surface area contributed by atoms with Crippen LogP contribution in [0.4, 0.5) is 0 Å². The van der Waals surface area contributed by atoms with Gasteiger partial charge < -0.3 is 4.74 Å². The van der Waals surface area contributed by atoms with Gasteiger partial charge in [0.1, 0.15) is 5.75 Å². The molecule has 0 spiro atoms. The Labute approximate surface area is 133 Å². The molecule has 22 heavy (non-hydrogen) atoms. The number of nitrogens with one attached hydrogen (secondary N) is 1. The molecular weight excluding hydrogens is 300 g/mol. The van der Waals surface area contributed by atoms with Crippen molar-refractivity contribution in [2.45, 2.75) is 32.2 Å². The van der Waals surface area contributed by atoms with Gasteiger partial charge in [-0.3, -0.25) is 4.90 Å². The first-order valence-corrected chi connectivity index (χ1v) is 9.56. The fourth-order valence-electron chi connectivity index (χ4n) is 2.98. The molecule has 1 aliphatic rings. The summed E-state index contributed by atoms with van der Waals surface area (Å²) in [5.74, 6) is 1.06. The predicted octanol–water partition coefficient (Wildman–Crippen LogP) is 2.16. The van der Waals surface area contributed by atoms with E-state index >= 15 is 0 Å². The van der Waals surface area contributed by atoms with E-state index in [1.54, 1.807) is 7.11 Å². The first kappa shape index (κ1) is 17.2. The molecule has 1 aliphatic heterocycles. The van der Waals surface area contributed by atoms with Gasteiger partial charge in [-0.2, -0.15) is 0 Å². The van der Waals surface area contributed by atoms with Crippen LogP contribution in [0, 0.1) is 0 Å². The second-order valence-corrected chi connectivity index (χ2v) is 7.61. The Balaban J connectivity index is 1.90. The number of methoxy groups -OCH3 is 1. The Kier molecular flexibility index (Phi) is 6.23. The molecule has 0 radical (unpaired) electrons. The van der Waals surface area contributed by atoms with Gasteiger partial charge in [-0.05, 0) is 43.5 Å². The van der Waals surface area contributed by atoms with Crippen molar-refractivity contribution in [2.75, 3.05) is 32.5 Å². The van der Waals surface area contributed by atoms with Gasteiger partial charge in [-0.1, -0.05) is 19.1 Å². The van der Waals surface area contributed by atoms with E-state index in [0.717, 1.165) is 31.7 Å². The maximum absolute atomic E-state index is 11.7. The quantitative estimate of drug-likeness (QED) is 0.795. The Hall–Kier alpha value is -1.11. The summed E-state index contributed by atoms with van der Waals surface area (Å²) in [5.41, 5.74) is 1.27. The fourth-order valence-corrected chi connectivity index (χ4v) is 4.07. The molecule has 1 fully saturated rings. The molecule has 124 valence electrons. The minimum atomic E-state index is -3.11. The van der Waals surface area contributed by atoms with Crippen LogP contribution >= 0.6 is 0 Å². The number of nitrogens with zero attached hydrogens (tertiary/aromatic N) is 1. The van der Waals surface area contributed by atoms with E-state index in [9.17, 15) is 8.42 Å². The molecule has 1 aromatic carbocycles. The molecule has 6 heteroatoms. The van der Waals surface area contributed by atoms with Gasteiger partial charge in [0, 0.05) is 19.1 Å². The van der Waals surface area contributed by atoms with Gasteiger partial charge in [0.25, 0.3) is 0 Å². The summed E-state index contributed by atoms with van der Waals surface area (Å²) in [4.78, 5) is 2.36. The summed E-state index contributed by atoms with van der Waals surface area (Å²) in [7, 11) is -1.44. The molecule has 1 unspecified atom stereocenters. The molecule has 0 saturated carbocycles. The Bertz CT molecular complexity index is 557. The number of hydrogen-bond donors (Lipinski definition) is 1. The molecule has 0 bridgehead atoms. The molecule has 0 amide bonds. The van der Waals surface area contributed by atoms with Crippen molar-refractivity contribution >= 4 is 10.0 Å². The van der Waals surface area contributed by atoms with Crippen LogP contribution in [0.1, 0.15) is 37.8 Å². The minimum absolute atomic E-state index is 0.203. The van der Waals surface area contributed by atoms with Crippen LogP contribution in [0.15, 0.2) is 24.3 Å². The summed E-state index contributed by atoms with van der Waals surface area (Å²) < 4.78 is 31.2. The Morgan fingerprint density at radius 1 is 1.32 bits per heavy atom. The molecule has 1 N–H and O–H groups in total. The van der Waals surface area contributed by atoms with Crippen molar-refractivity contribution in [2.24, 2.45) is 0 Å². The summed E-state index contributed by atoms with van der Waals surface area (Å²) in [6, 6.07) is 8.54. The van der Waals surface area contributed by atoms with Crippen LogP contribution in [0.5, 0.6) is 5.75 Å². The maximum Gasteiger partial charge on any atom is 0.211 e. The van der Waals surface area contributed by atoms with Gasteiger partial charge in [0.15, 0.2) is 0 Å². The lowest BCUT2D eigenvalue weighted by molar-refractivity contribution is 0.261. The zero-order chi connectivity index (χ0) is 16.0. The predicted molar refractivity (Wildman–Crippen MR) is 88.6 cm³/mol. The summed E-state index contributed by atoms with van der Waals surface area (Å²) >= 11 is 0. The Morgan fingerprint density at radius 2 is 2.05 bits per heavy atom. The number of rotatable bonds is 8. The van der Waals surface area contributed by atoms with Crippen LogP contribution in [0.3, 0.4) is 0 Å². The summed E-state index contributed by atoms with van der Waals surface area (Å²) in [6.07, 6.45) is 2.92. The van der Waals surface area contributed by atoms with Crippen LogP contribution in [-0.2, 0) is 10.0 Å². The normalized spacial score (nSPS) is 19.5. The fraction of sp³-hybridized carbons (Fsp3) is 0.625. The van der Waals surface area contributed by atoms with E-state index in [0.29, 0.717) is 19.0 Å². The van der Waals surface area contributed by atoms with Crippen LogP contribution < -0.4 is 9.46 Å². The number of likely N-dealkylation sites (tertiary alicyclic amines) is 1. The molecule has 1 heterocycles. The zero-order valence-electron chi connectivity index (χ0n) is 13.4. The average Bonchev–Trinajstić information content (AvgIpc) is 2.95. The van der Waals surface area contributed by atoms with Gasteiger partial charge in [0.2, 0.25) is 10.0 Å². The number of ether oxygens (including phenoxy) is 1. The molecule has 1 atom stereocenters. The number of hydrogen-bond acceptors (Lipinski definition) is 4. The van der Waals surface area contributed by atoms with Gasteiger partial charge in [-0.25, -0.2) is 13.1 Å². The first-order valence-electron chi connectivity index (χ1n) is 7.91. The van der Waals surface area contributed by atoms with Crippen molar-refractivity contribution in [3.05, 3.63) is 29.8 Å². The maximum atomic E-state index is 11.7. The van der Waals surface area contributed by atoms with E-state index in [1.165, 1.54) is 5.56 Å². The van der Waals surface area contributed by atoms with Crippen molar-refractivity contribution in [3.63, 3.8) is 0 Å². The van der Waals surface area contributed by atoms with Gasteiger partial charge in [-0.15, -0.1) is 0 Å². The van der Waals surface area contributed by atoms with Gasteiger partial charge in [0.05, 0.1) is 12.9 Å². The van der Waals surface area contributed by atoms with E-state index in [1.807, 2.05) is 19.1 Å². The molecule has 1 aromatic rings. The number of benzene rings is 1. The monoisotopic (exact) mass is 326 g/mol. The van der Waals surface area contributed by atoms with E-state index in [4.69, 9.17) is 4.74 Å². The molecular formula is C16H26N2O3S. The van der Waals surface area contributed by atoms with Crippen molar-refractivity contribution in [1.29, 1.82) is 0 Å². The Morgan fingerprint density at radius 3 is 2.68 bits per heavy atom. The SMILES string of the molecule is CCCS(=O)(=O)NCCN1CCCC1c1ccc(OC)cc1. The average molecular weight is 326 g/mol. The molecule has 2 rings (SSSR count). The first-order chi connectivity index (χ1) is 10.6. The highest BCUT2D eigenvalue weighted by atomic mass is 32.2. The lowest BCUT2D eigenvalue weighted by Crippen LogP contribution is -2.35. The highest BCUT2D eigenvalue weighted by Gasteiger charge is 2.25. The second kappa shape index (κ2) is 7.94. The second-order valence-electron chi connectivity index (χ2n) is 5.68. The highest BCUT2D eigenvalue weighted by molar-refractivity contribution is 7.89. The number of sulfonamides is 1. The van der Waals surface area contributed by atoms with Crippen molar-refractivity contribution < 1.29 is 13.2 Å². The lowest BCUT2D eigenvalue weighted by Gasteiger charge is -2.25. The smallest absolute Gasteiger partial charge is 0.211 e. The lowest BCUT2D eigenvalue weighted by atomic mass is 10.0.